The van der Waals surface area contributed by atoms with E-state index in [4.69, 9.17) is 16.3 Å². The standard InChI is InChI=1S/C18H19ClN2O5S/c1-3-26-18(23)13-4-10-16(11-5-13)27(24,25)21(2)12-17(22)20-15-8-6-14(19)7-9-15/h4-11H,3,12H2,1-2H3,(H,20,22). The number of nitrogens with one attached hydrogen (secondary N) is 1. The summed E-state index contributed by atoms with van der Waals surface area (Å²) in [6, 6.07) is 11.8. The molecule has 0 spiro atoms. The molecule has 1 N–H and O–H groups in total. The van der Waals surface area contributed by atoms with E-state index in [2.05, 4.69) is 5.32 Å². The van der Waals surface area contributed by atoms with Crippen LogP contribution in [0.3, 0.4) is 0 Å². The van der Waals surface area contributed by atoms with Crippen molar-refractivity contribution in [3.8, 4) is 0 Å². The molecule has 0 atom stereocenters. The summed E-state index contributed by atoms with van der Waals surface area (Å²) >= 11 is 5.78. The molecule has 0 fully saturated rings. The summed E-state index contributed by atoms with van der Waals surface area (Å²) in [5, 5.41) is 3.12. The summed E-state index contributed by atoms with van der Waals surface area (Å²) in [5.41, 5.74) is 0.757. The summed E-state index contributed by atoms with van der Waals surface area (Å²) in [6.45, 7) is 1.54. The number of hydrogen-bond acceptors (Lipinski definition) is 5. The molecular formula is C18H19ClN2O5S. The van der Waals surface area contributed by atoms with Gasteiger partial charge in [-0.25, -0.2) is 13.2 Å². The fraction of sp³-hybridized carbons (Fsp3) is 0.222. The van der Waals surface area contributed by atoms with Crippen molar-refractivity contribution in [1.82, 2.24) is 4.31 Å². The maximum Gasteiger partial charge on any atom is 0.338 e. The molecule has 0 aromatic heterocycles. The molecule has 9 heteroatoms. The van der Waals surface area contributed by atoms with Gasteiger partial charge >= 0.3 is 5.97 Å². The van der Waals surface area contributed by atoms with Crippen LogP contribution in [0.4, 0.5) is 5.69 Å². The molecule has 144 valence electrons. The lowest BCUT2D eigenvalue weighted by atomic mass is 10.2. The van der Waals surface area contributed by atoms with Gasteiger partial charge in [0.15, 0.2) is 0 Å². The van der Waals surface area contributed by atoms with Crippen LogP contribution in [0.2, 0.25) is 5.02 Å². The number of rotatable bonds is 7. The van der Waals surface area contributed by atoms with E-state index in [1.165, 1.54) is 31.3 Å². The normalized spacial score (nSPS) is 11.3. The average Bonchev–Trinajstić information content (AvgIpc) is 2.63. The molecule has 1 amide bonds. The molecule has 0 saturated heterocycles. The topological polar surface area (TPSA) is 92.8 Å². The zero-order chi connectivity index (χ0) is 20.0. The van der Waals surface area contributed by atoms with Crippen molar-refractivity contribution < 1.29 is 22.7 Å². The smallest absolute Gasteiger partial charge is 0.338 e. The highest BCUT2D eigenvalue weighted by atomic mass is 35.5. The Labute approximate surface area is 162 Å². The van der Waals surface area contributed by atoms with Crippen LogP contribution in [0.25, 0.3) is 0 Å². The molecule has 0 heterocycles. The predicted molar refractivity (Wildman–Crippen MR) is 102 cm³/mol. The minimum atomic E-state index is -3.89. The van der Waals surface area contributed by atoms with Gasteiger partial charge in [0.25, 0.3) is 0 Å². The van der Waals surface area contributed by atoms with Crippen LogP contribution in [-0.4, -0.2) is 44.8 Å². The van der Waals surface area contributed by atoms with Gasteiger partial charge in [-0.3, -0.25) is 4.79 Å². The van der Waals surface area contributed by atoms with Crippen molar-refractivity contribution in [1.29, 1.82) is 0 Å². The number of anilines is 1. The third-order valence-corrected chi connectivity index (χ3v) is 5.64. The van der Waals surface area contributed by atoms with E-state index in [0.717, 1.165) is 4.31 Å². The number of nitrogens with zero attached hydrogens (tertiary/aromatic N) is 1. The Hall–Kier alpha value is -2.42. The Bertz CT molecular complexity index is 912. The number of amides is 1. The van der Waals surface area contributed by atoms with Crippen LogP contribution in [0, 0.1) is 0 Å². The quantitative estimate of drug-likeness (QED) is 0.708. The summed E-state index contributed by atoms with van der Waals surface area (Å²) in [5.74, 6) is -1.02. The van der Waals surface area contributed by atoms with Gasteiger partial charge in [-0.05, 0) is 55.5 Å². The molecule has 0 saturated carbocycles. The van der Waals surface area contributed by atoms with Gasteiger partial charge in [-0.15, -0.1) is 0 Å². The van der Waals surface area contributed by atoms with E-state index in [0.29, 0.717) is 10.7 Å². The zero-order valence-corrected chi connectivity index (χ0v) is 16.4. The third-order valence-electron chi connectivity index (χ3n) is 3.57. The van der Waals surface area contributed by atoms with Gasteiger partial charge in [0.2, 0.25) is 15.9 Å². The van der Waals surface area contributed by atoms with Crippen LogP contribution in [0.1, 0.15) is 17.3 Å². The average molecular weight is 411 g/mol. The molecule has 2 aromatic carbocycles. The lowest BCUT2D eigenvalue weighted by molar-refractivity contribution is -0.116. The van der Waals surface area contributed by atoms with Crippen LogP contribution in [0.15, 0.2) is 53.4 Å². The number of ether oxygens (including phenoxy) is 1. The van der Waals surface area contributed by atoms with Gasteiger partial charge < -0.3 is 10.1 Å². The molecule has 2 aromatic rings. The molecule has 0 unspecified atom stereocenters. The van der Waals surface area contributed by atoms with Crippen LogP contribution >= 0.6 is 11.6 Å². The second-order valence-corrected chi connectivity index (χ2v) is 8.04. The Morgan fingerprint density at radius 1 is 1.07 bits per heavy atom. The van der Waals surface area contributed by atoms with Crippen LogP contribution in [0.5, 0.6) is 0 Å². The molecule has 0 aliphatic heterocycles. The largest absolute Gasteiger partial charge is 0.462 e. The summed E-state index contributed by atoms with van der Waals surface area (Å²) < 4.78 is 31.0. The van der Waals surface area contributed by atoms with Crippen molar-refractivity contribution >= 4 is 39.2 Å². The first-order valence-corrected chi connectivity index (χ1v) is 9.84. The number of carbonyl (C=O) groups is 2. The monoisotopic (exact) mass is 410 g/mol. The maximum atomic E-state index is 12.6. The van der Waals surface area contributed by atoms with Gasteiger partial charge in [0, 0.05) is 17.8 Å². The van der Waals surface area contributed by atoms with E-state index >= 15 is 0 Å². The van der Waals surface area contributed by atoms with Gasteiger partial charge in [0.1, 0.15) is 0 Å². The minimum absolute atomic E-state index is 0.0302. The lowest BCUT2D eigenvalue weighted by Gasteiger charge is -2.17. The van der Waals surface area contributed by atoms with Crippen molar-refractivity contribution in [2.75, 3.05) is 25.5 Å². The first kappa shape index (κ1) is 20.9. The molecule has 27 heavy (non-hydrogen) atoms. The molecule has 7 nitrogen and oxygen atoms in total. The highest BCUT2D eigenvalue weighted by Crippen LogP contribution is 2.17. The molecule has 0 aliphatic rings. The van der Waals surface area contributed by atoms with Crippen molar-refractivity contribution in [3.63, 3.8) is 0 Å². The highest BCUT2D eigenvalue weighted by molar-refractivity contribution is 7.89. The maximum absolute atomic E-state index is 12.6. The number of hydrogen-bond donors (Lipinski definition) is 1. The van der Waals surface area contributed by atoms with Crippen molar-refractivity contribution in [2.45, 2.75) is 11.8 Å². The van der Waals surface area contributed by atoms with Gasteiger partial charge in [0.05, 0.1) is 23.6 Å². The van der Waals surface area contributed by atoms with Gasteiger partial charge in [-0.2, -0.15) is 4.31 Å². The molecule has 2 rings (SSSR count). The van der Waals surface area contributed by atoms with E-state index in [1.807, 2.05) is 0 Å². The highest BCUT2D eigenvalue weighted by Gasteiger charge is 2.23. The number of sulfonamides is 1. The molecular weight excluding hydrogens is 392 g/mol. The number of esters is 1. The second-order valence-electron chi connectivity index (χ2n) is 5.56. The molecule has 0 bridgehead atoms. The number of carbonyl (C=O) groups excluding carboxylic acids is 2. The number of likely N-dealkylation sites (N-methyl/N-ethyl adjacent to an activating group) is 1. The molecule has 0 aliphatic carbocycles. The fourth-order valence-corrected chi connectivity index (χ4v) is 3.43. The Morgan fingerprint density at radius 3 is 2.22 bits per heavy atom. The zero-order valence-electron chi connectivity index (χ0n) is 14.8. The minimum Gasteiger partial charge on any atom is -0.462 e. The van der Waals surface area contributed by atoms with E-state index in [9.17, 15) is 18.0 Å². The summed E-state index contributed by atoms with van der Waals surface area (Å²) in [4.78, 5) is 23.7. The van der Waals surface area contributed by atoms with Crippen LogP contribution < -0.4 is 5.32 Å². The number of halogens is 1. The van der Waals surface area contributed by atoms with Gasteiger partial charge in [-0.1, -0.05) is 11.6 Å². The predicted octanol–water partition coefficient (Wildman–Crippen LogP) is 2.78. The second kappa shape index (κ2) is 8.98. The first-order valence-electron chi connectivity index (χ1n) is 8.03. The lowest BCUT2D eigenvalue weighted by Crippen LogP contribution is -2.35. The van der Waals surface area contributed by atoms with Crippen molar-refractivity contribution in [2.24, 2.45) is 0 Å². The summed E-state index contributed by atoms with van der Waals surface area (Å²) in [6.07, 6.45) is 0. The molecule has 0 radical (unpaired) electrons. The Balaban J connectivity index is 2.05. The van der Waals surface area contributed by atoms with E-state index in [-0.39, 0.29) is 23.6 Å². The van der Waals surface area contributed by atoms with E-state index in [1.54, 1.807) is 31.2 Å². The summed E-state index contributed by atoms with van der Waals surface area (Å²) in [7, 11) is -2.59. The van der Waals surface area contributed by atoms with E-state index < -0.39 is 21.9 Å². The van der Waals surface area contributed by atoms with Crippen molar-refractivity contribution in [3.05, 3.63) is 59.1 Å². The van der Waals surface area contributed by atoms with Crippen LogP contribution in [-0.2, 0) is 19.6 Å². The third kappa shape index (κ3) is 5.53. The SMILES string of the molecule is CCOC(=O)c1ccc(S(=O)(=O)N(C)CC(=O)Nc2ccc(Cl)cc2)cc1. The Morgan fingerprint density at radius 2 is 1.67 bits per heavy atom. The first-order chi connectivity index (χ1) is 12.7. The number of benzene rings is 2. The Kier molecular flexibility index (Phi) is 6.95. The fourth-order valence-electron chi connectivity index (χ4n) is 2.18.